The summed E-state index contributed by atoms with van der Waals surface area (Å²) in [5.74, 6) is 2.18. The highest BCUT2D eigenvalue weighted by atomic mass is 32.2. The molecule has 2 atom stereocenters. The lowest BCUT2D eigenvalue weighted by Crippen LogP contribution is -2.33. The third kappa shape index (κ3) is 2.72. The molecule has 2 fully saturated rings. The van der Waals surface area contributed by atoms with Gasteiger partial charge in [0.2, 0.25) is 0 Å². The lowest BCUT2D eigenvalue weighted by Gasteiger charge is -2.30. The normalized spacial score (nSPS) is 39.1. The van der Waals surface area contributed by atoms with Gasteiger partial charge in [-0.05, 0) is 50.0 Å². The van der Waals surface area contributed by atoms with E-state index in [0.717, 1.165) is 24.8 Å². The Morgan fingerprint density at radius 2 is 1.93 bits per heavy atom. The van der Waals surface area contributed by atoms with E-state index in [4.69, 9.17) is 0 Å². The van der Waals surface area contributed by atoms with Crippen LogP contribution in [0.2, 0.25) is 0 Å². The van der Waals surface area contributed by atoms with Crippen LogP contribution in [0.5, 0.6) is 0 Å². The molecule has 2 saturated carbocycles. The molecule has 1 N–H and O–H groups in total. The molecule has 0 aromatic heterocycles. The van der Waals surface area contributed by atoms with Crippen molar-refractivity contribution < 1.29 is 8.42 Å². The number of nitrogens with one attached hydrogen (secondary N) is 1. The Balaban J connectivity index is 1.95. The molecule has 0 heterocycles. The molecular formula is C11H21NO2S. The molecule has 88 valence electrons. The molecule has 2 rings (SSSR count). The monoisotopic (exact) mass is 231 g/mol. The number of hydrogen-bond acceptors (Lipinski definition) is 3. The van der Waals surface area contributed by atoms with E-state index in [0.29, 0.717) is 5.75 Å². The van der Waals surface area contributed by atoms with Gasteiger partial charge in [0.05, 0.1) is 5.75 Å². The van der Waals surface area contributed by atoms with Gasteiger partial charge in [0.25, 0.3) is 0 Å². The lowest BCUT2D eigenvalue weighted by atomic mass is 9.80. The van der Waals surface area contributed by atoms with E-state index in [1.807, 2.05) is 7.05 Å². The Morgan fingerprint density at radius 3 is 2.40 bits per heavy atom. The molecule has 15 heavy (non-hydrogen) atoms. The molecule has 2 aliphatic rings. The molecule has 0 radical (unpaired) electrons. The first-order valence-electron chi connectivity index (χ1n) is 5.76. The zero-order valence-corrected chi connectivity index (χ0v) is 10.4. The first-order chi connectivity index (χ1) is 6.94. The van der Waals surface area contributed by atoms with E-state index >= 15 is 0 Å². The van der Waals surface area contributed by atoms with Crippen molar-refractivity contribution in [3.8, 4) is 0 Å². The molecule has 0 aromatic carbocycles. The number of hydrogen-bond donors (Lipinski definition) is 1. The molecule has 0 saturated heterocycles. The van der Waals surface area contributed by atoms with Crippen LogP contribution < -0.4 is 5.32 Å². The van der Waals surface area contributed by atoms with Crippen LogP contribution in [-0.2, 0) is 9.84 Å². The maximum atomic E-state index is 11.2. The summed E-state index contributed by atoms with van der Waals surface area (Å²) in [7, 11) is -0.834. The van der Waals surface area contributed by atoms with E-state index in [2.05, 4.69) is 5.32 Å². The second-order valence-corrected chi connectivity index (χ2v) is 7.83. The maximum absolute atomic E-state index is 11.2. The van der Waals surface area contributed by atoms with Crippen LogP contribution in [0.15, 0.2) is 0 Å². The van der Waals surface area contributed by atoms with Gasteiger partial charge >= 0.3 is 0 Å². The fraction of sp³-hybridized carbons (Fsp3) is 1.00. The summed E-state index contributed by atoms with van der Waals surface area (Å²) in [6.45, 7) is 0.982. The molecule has 0 amide bonds. The molecular weight excluding hydrogens is 210 g/mol. The van der Waals surface area contributed by atoms with Crippen LogP contribution in [-0.4, -0.2) is 34.0 Å². The lowest BCUT2D eigenvalue weighted by molar-refractivity contribution is 0.248. The molecule has 2 aliphatic carbocycles. The molecule has 3 nitrogen and oxygen atoms in total. The van der Waals surface area contributed by atoms with Gasteiger partial charge in [0.15, 0.2) is 0 Å². The van der Waals surface area contributed by atoms with Gasteiger partial charge in [-0.2, -0.15) is 0 Å². The van der Waals surface area contributed by atoms with Crippen molar-refractivity contribution in [3.63, 3.8) is 0 Å². The van der Waals surface area contributed by atoms with E-state index in [-0.39, 0.29) is 5.41 Å². The molecule has 0 spiro atoms. The molecule has 0 aromatic rings. The van der Waals surface area contributed by atoms with Gasteiger partial charge in [0.1, 0.15) is 9.84 Å². The second-order valence-electron chi connectivity index (χ2n) is 5.57. The predicted octanol–water partition coefficient (Wildman–Crippen LogP) is 1.06. The Bertz CT molecular complexity index is 326. The average molecular weight is 231 g/mol. The van der Waals surface area contributed by atoms with Crippen molar-refractivity contribution in [2.45, 2.75) is 25.7 Å². The van der Waals surface area contributed by atoms with Crippen LogP contribution in [0.25, 0.3) is 0 Å². The van der Waals surface area contributed by atoms with Crippen molar-refractivity contribution in [3.05, 3.63) is 0 Å². The van der Waals surface area contributed by atoms with Crippen LogP contribution in [0, 0.1) is 17.3 Å². The first kappa shape index (κ1) is 11.4. The van der Waals surface area contributed by atoms with E-state index in [1.165, 1.54) is 25.5 Å². The zero-order chi connectivity index (χ0) is 11.1. The van der Waals surface area contributed by atoms with Gasteiger partial charge in [-0.3, -0.25) is 0 Å². The smallest absolute Gasteiger partial charge is 0.147 e. The standard InChI is InChI=1S/C11H21NO2S/c1-12-8-11(3-4-15(2,13)14)6-9-5-10(9)7-11/h9-10,12H,3-8H2,1-2H3. The fourth-order valence-electron chi connectivity index (χ4n) is 3.22. The highest BCUT2D eigenvalue weighted by Crippen LogP contribution is 2.60. The van der Waals surface area contributed by atoms with Gasteiger partial charge in [-0.25, -0.2) is 8.42 Å². The van der Waals surface area contributed by atoms with Crippen LogP contribution in [0.4, 0.5) is 0 Å². The summed E-state index contributed by atoms with van der Waals surface area (Å²) < 4.78 is 22.4. The first-order valence-corrected chi connectivity index (χ1v) is 7.82. The Kier molecular flexibility index (Phi) is 2.84. The molecule has 4 heteroatoms. The fourth-order valence-corrected chi connectivity index (χ4v) is 4.02. The minimum atomic E-state index is -2.80. The van der Waals surface area contributed by atoms with Crippen molar-refractivity contribution in [2.24, 2.45) is 17.3 Å². The SMILES string of the molecule is CNCC1(CCS(C)(=O)=O)CC2CC2C1. The Hall–Kier alpha value is -0.0900. The summed E-state index contributed by atoms with van der Waals surface area (Å²) in [5, 5.41) is 3.23. The van der Waals surface area contributed by atoms with Gasteiger partial charge < -0.3 is 5.32 Å². The minimum absolute atomic E-state index is 0.283. The minimum Gasteiger partial charge on any atom is -0.319 e. The summed E-state index contributed by atoms with van der Waals surface area (Å²) >= 11 is 0. The summed E-state index contributed by atoms with van der Waals surface area (Å²) in [6, 6.07) is 0. The summed E-state index contributed by atoms with van der Waals surface area (Å²) in [5.41, 5.74) is 0.283. The Labute approximate surface area is 92.6 Å². The van der Waals surface area contributed by atoms with Gasteiger partial charge in [-0.15, -0.1) is 0 Å². The third-order valence-corrected chi connectivity index (χ3v) is 4.96. The quantitative estimate of drug-likeness (QED) is 0.769. The van der Waals surface area contributed by atoms with Gasteiger partial charge in [-0.1, -0.05) is 0 Å². The third-order valence-electron chi connectivity index (χ3n) is 4.01. The van der Waals surface area contributed by atoms with Crippen LogP contribution in [0.3, 0.4) is 0 Å². The molecule has 0 aliphatic heterocycles. The highest BCUT2D eigenvalue weighted by Gasteiger charge is 2.53. The van der Waals surface area contributed by atoms with Crippen molar-refractivity contribution >= 4 is 9.84 Å². The van der Waals surface area contributed by atoms with Gasteiger partial charge in [0, 0.05) is 12.8 Å². The van der Waals surface area contributed by atoms with E-state index in [9.17, 15) is 8.42 Å². The predicted molar refractivity (Wildman–Crippen MR) is 61.5 cm³/mol. The van der Waals surface area contributed by atoms with Crippen LogP contribution in [0.1, 0.15) is 25.7 Å². The van der Waals surface area contributed by atoms with Crippen molar-refractivity contribution in [1.29, 1.82) is 0 Å². The number of fused-ring (bicyclic) bond motifs is 1. The van der Waals surface area contributed by atoms with Crippen molar-refractivity contribution in [1.82, 2.24) is 5.32 Å². The maximum Gasteiger partial charge on any atom is 0.147 e. The summed E-state index contributed by atoms with van der Waals surface area (Å²) in [6.07, 6.45) is 6.07. The highest BCUT2D eigenvalue weighted by molar-refractivity contribution is 7.90. The average Bonchev–Trinajstić information content (AvgIpc) is 2.72. The number of sulfone groups is 1. The topological polar surface area (TPSA) is 46.2 Å². The van der Waals surface area contributed by atoms with Crippen LogP contribution >= 0.6 is 0 Å². The molecule has 0 bridgehead atoms. The van der Waals surface area contributed by atoms with E-state index < -0.39 is 9.84 Å². The molecule has 2 unspecified atom stereocenters. The van der Waals surface area contributed by atoms with E-state index in [1.54, 1.807) is 0 Å². The second kappa shape index (κ2) is 3.74. The Morgan fingerprint density at radius 1 is 1.33 bits per heavy atom. The summed E-state index contributed by atoms with van der Waals surface area (Å²) in [4.78, 5) is 0. The number of rotatable bonds is 5. The van der Waals surface area contributed by atoms with Crippen molar-refractivity contribution in [2.75, 3.05) is 25.6 Å². The zero-order valence-electron chi connectivity index (χ0n) is 9.62. The largest absolute Gasteiger partial charge is 0.319 e.